The smallest absolute Gasteiger partial charge is 0.00666 e. The molecule has 0 bridgehead atoms. The van der Waals surface area contributed by atoms with Gasteiger partial charge in [-0.25, -0.2) is 0 Å². The summed E-state index contributed by atoms with van der Waals surface area (Å²) in [5.74, 6) is 0. The Morgan fingerprint density at radius 2 is 1.70 bits per heavy atom. The third kappa shape index (κ3) is 4.65. The molecule has 0 aliphatic rings. The van der Waals surface area contributed by atoms with Gasteiger partial charge in [0.2, 0.25) is 0 Å². The minimum absolute atomic E-state index is 1.09. The lowest BCUT2D eigenvalue weighted by atomic mass is 10.2. The van der Waals surface area contributed by atoms with Crippen LogP contribution in [-0.4, -0.2) is 41.0 Å². The first-order chi connectivity index (χ1) is 4.57. The fourth-order valence-electron chi connectivity index (χ4n) is 1.07. The predicted octanol–water partition coefficient (Wildman–Crippen LogP) is -2.36. The minimum atomic E-state index is 1.09. The summed E-state index contributed by atoms with van der Waals surface area (Å²) in [6.45, 7) is 2.44. The first-order valence-electron chi connectivity index (χ1n) is 4.57. The highest BCUT2D eigenvalue weighted by Gasteiger charge is 2.09. The predicted molar refractivity (Wildman–Crippen MR) is 66.1 cm³/mol. The second-order valence-corrected chi connectivity index (χ2v) is 9.72. The molecule has 0 saturated carbocycles. The number of hydrogen-bond donors (Lipinski definition) is 0. The SMILES string of the molecule is CC([SiH3])C([SiH3])CC([SiH3])C[SiH3]. The molecule has 0 radical (unpaired) electrons. The average molecular weight is 207 g/mol. The van der Waals surface area contributed by atoms with Gasteiger partial charge in [0.05, 0.1) is 0 Å². The molecule has 4 heteroatoms. The molecule has 0 aliphatic heterocycles. The lowest BCUT2D eigenvalue weighted by Crippen LogP contribution is -2.04. The van der Waals surface area contributed by atoms with Gasteiger partial charge in [-0.05, 0) is 0 Å². The maximum atomic E-state index is 2.44. The van der Waals surface area contributed by atoms with E-state index in [0.717, 1.165) is 11.1 Å². The zero-order chi connectivity index (χ0) is 8.15. The third-order valence-corrected chi connectivity index (χ3v) is 11.2. The fraction of sp³-hybridized carbons (Fsp3) is 1.00. The molecule has 3 atom stereocenters. The lowest BCUT2D eigenvalue weighted by Gasteiger charge is -2.18. The van der Waals surface area contributed by atoms with Crippen molar-refractivity contribution >= 4 is 41.0 Å². The van der Waals surface area contributed by atoms with Crippen LogP contribution in [0, 0.1) is 0 Å². The molecular weight excluding hydrogens is 184 g/mol. The summed E-state index contributed by atoms with van der Waals surface area (Å²) in [6.07, 6.45) is 1.59. The molecule has 62 valence electrons. The first kappa shape index (κ1) is 10.9. The van der Waals surface area contributed by atoms with E-state index in [4.69, 9.17) is 0 Å². The van der Waals surface area contributed by atoms with Crippen molar-refractivity contribution in [1.29, 1.82) is 0 Å². The van der Waals surface area contributed by atoms with Crippen molar-refractivity contribution < 1.29 is 0 Å². The van der Waals surface area contributed by atoms with Crippen molar-refractivity contribution in [2.24, 2.45) is 0 Å². The first-order valence-corrected chi connectivity index (χ1v) is 9.45. The Bertz CT molecular complexity index is 83.8. The summed E-state index contributed by atoms with van der Waals surface area (Å²) >= 11 is 0. The molecule has 0 aromatic heterocycles. The Morgan fingerprint density at radius 1 is 1.20 bits per heavy atom. The van der Waals surface area contributed by atoms with Crippen LogP contribution < -0.4 is 0 Å². The van der Waals surface area contributed by atoms with Crippen molar-refractivity contribution in [2.45, 2.75) is 36.0 Å². The molecule has 0 nitrogen and oxygen atoms in total. The van der Waals surface area contributed by atoms with Gasteiger partial charge < -0.3 is 0 Å². The van der Waals surface area contributed by atoms with E-state index in [0.29, 0.717) is 0 Å². The third-order valence-electron chi connectivity index (χ3n) is 2.61. The molecule has 0 fully saturated rings. The second kappa shape index (κ2) is 5.51. The molecule has 0 aromatic rings. The molecule has 0 saturated heterocycles. The van der Waals surface area contributed by atoms with Crippen LogP contribution in [0.1, 0.15) is 13.3 Å². The van der Waals surface area contributed by atoms with Crippen LogP contribution in [0.5, 0.6) is 0 Å². The molecule has 0 spiro atoms. The van der Waals surface area contributed by atoms with Gasteiger partial charge in [-0.2, -0.15) is 0 Å². The Hall–Kier alpha value is 0.868. The van der Waals surface area contributed by atoms with Crippen molar-refractivity contribution in [3.05, 3.63) is 0 Å². The normalized spacial score (nSPS) is 21.3. The van der Waals surface area contributed by atoms with Crippen LogP contribution in [0.4, 0.5) is 0 Å². The largest absolute Gasteiger partial charge is 0.0662 e. The van der Waals surface area contributed by atoms with Crippen molar-refractivity contribution in [3.63, 3.8) is 0 Å². The summed E-state index contributed by atoms with van der Waals surface area (Å²) in [7, 11) is 5.76. The number of hydrogen-bond acceptors (Lipinski definition) is 0. The summed E-state index contributed by atoms with van der Waals surface area (Å²) in [4.78, 5) is 0. The van der Waals surface area contributed by atoms with Gasteiger partial charge in [0.25, 0.3) is 0 Å². The van der Waals surface area contributed by atoms with Crippen molar-refractivity contribution in [2.75, 3.05) is 0 Å². The van der Waals surface area contributed by atoms with E-state index < -0.39 is 0 Å². The van der Waals surface area contributed by atoms with Crippen LogP contribution in [0.25, 0.3) is 0 Å². The highest BCUT2D eigenvalue weighted by atomic mass is 28.2. The summed E-state index contributed by atoms with van der Waals surface area (Å²) in [5.41, 5.74) is 3.42. The topological polar surface area (TPSA) is 0 Å². The molecule has 0 aromatic carbocycles. The Labute approximate surface area is 77.2 Å². The standard InChI is InChI=1S/C6H22Si4/c1-4(8)6(10)2-5(9)3-7/h4-6H,2-3H2,1,7-10H3. The second-order valence-electron chi connectivity index (χ2n) is 3.97. The molecule has 3 unspecified atom stereocenters. The van der Waals surface area contributed by atoms with Crippen LogP contribution in [0.15, 0.2) is 0 Å². The van der Waals surface area contributed by atoms with E-state index in [9.17, 15) is 0 Å². The van der Waals surface area contributed by atoms with Gasteiger partial charge in [-0.15, -0.1) is 0 Å². The maximum absolute atomic E-state index is 2.44. The van der Waals surface area contributed by atoms with Gasteiger partial charge >= 0.3 is 0 Å². The van der Waals surface area contributed by atoms with Crippen LogP contribution in [0.2, 0.25) is 22.7 Å². The summed E-state index contributed by atoms with van der Waals surface area (Å²) < 4.78 is 0. The summed E-state index contributed by atoms with van der Waals surface area (Å²) in [5, 5.41) is 0. The van der Waals surface area contributed by atoms with Crippen LogP contribution in [-0.2, 0) is 0 Å². The monoisotopic (exact) mass is 206 g/mol. The van der Waals surface area contributed by atoms with Crippen molar-refractivity contribution in [1.82, 2.24) is 0 Å². The van der Waals surface area contributed by atoms with Gasteiger partial charge in [0.1, 0.15) is 0 Å². The van der Waals surface area contributed by atoms with Crippen LogP contribution >= 0.6 is 0 Å². The van der Waals surface area contributed by atoms with Gasteiger partial charge in [0.15, 0.2) is 0 Å². The van der Waals surface area contributed by atoms with E-state index in [1.165, 1.54) is 46.5 Å². The van der Waals surface area contributed by atoms with Crippen LogP contribution in [0.3, 0.4) is 0 Å². The minimum Gasteiger partial charge on any atom is -0.0662 e. The Morgan fingerprint density at radius 3 is 2.00 bits per heavy atom. The highest BCUT2D eigenvalue weighted by molar-refractivity contribution is 6.22. The quantitative estimate of drug-likeness (QED) is 0.452. The van der Waals surface area contributed by atoms with E-state index in [1.54, 1.807) is 12.5 Å². The Kier molecular flexibility index (Phi) is 5.99. The molecule has 0 N–H and O–H groups in total. The summed E-state index contributed by atoms with van der Waals surface area (Å²) in [6, 6.07) is 1.57. The fourth-order valence-corrected chi connectivity index (χ4v) is 4.17. The lowest BCUT2D eigenvalue weighted by molar-refractivity contribution is 0.697. The molecule has 0 amide bonds. The van der Waals surface area contributed by atoms with E-state index in [-0.39, 0.29) is 0 Å². The molecule has 0 heterocycles. The van der Waals surface area contributed by atoms with E-state index in [1.807, 2.05) is 0 Å². The number of rotatable bonds is 4. The Balaban J connectivity index is 3.46. The van der Waals surface area contributed by atoms with E-state index >= 15 is 0 Å². The van der Waals surface area contributed by atoms with Gasteiger partial charge in [0, 0.05) is 41.0 Å². The zero-order valence-electron chi connectivity index (χ0n) is 8.15. The highest BCUT2D eigenvalue weighted by Crippen LogP contribution is 2.27. The molecular formula is C6H22Si4. The maximum Gasteiger partial charge on any atom is 0.00666 e. The molecule has 10 heavy (non-hydrogen) atoms. The molecule has 0 rings (SSSR count). The van der Waals surface area contributed by atoms with Gasteiger partial charge in [-0.3, -0.25) is 0 Å². The zero-order valence-corrected chi connectivity index (χ0v) is 16.1. The average Bonchev–Trinajstić information content (AvgIpc) is 1.87. The molecule has 0 aliphatic carbocycles. The van der Waals surface area contributed by atoms with E-state index in [2.05, 4.69) is 6.92 Å². The van der Waals surface area contributed by atoms with Crippen molar-refractivity contribution in [3.8, 4) is 0 Å². The van der Waals surface area contributed by atoms with Gasteiger partial charge in [-0.1, -0.05) is 36.0 Å².